The zero-order valence-corrected chi connectivity index (χ0v) is 15.7. The quantitative estimate of drug-likeness (QED) is 0.868. The molecule has 1 aliphatic rings. The van der Waals surface area contributed by atoms with E-state index in [1.807, 2.05) is 18.2 Å². The van der Waals surface area contributed by atoms with Crippen LogP contribution in [0.2, 0.25) is 5.02 Å². The Bertz CT molecular complexity index is 723. The van der Waals surface area contributed by atoms with Gasteiger partial charge in [-0.1, -0.05) is 18.5 Å². The van der Waals surface area contributed by atoms with E-state index in [9.17, 15) is 4.79 Å². The summed E-state index contributed by atoms with van der Waals surface area (Å²) < 4.78 is 6.47. The third-order valence-electron chi connectivity index (χ3n) is 4.60. The molecule has 0 atom stereocenters. The Kier molecular flexibility index (Phi) is 5.64. The lowest BCUT2D eigenvalue weighted by molar-refractivity contribution is 0.0946. The molecule has 1 saturated heterocycles. The fourth-order valence-corrected chi connectivity index (χ4v) is 4.33. The van der Waals surface area contributed by atoms with Crippen LogP contribution < -0.4 is 10.1 Å². The van der Waals surface area contributed by atoms with E-state index in [1.165, 1.54) is 24.2 Å². The molecular weight excluding hydrogens is 344 g/mol. The van der Waals surface area contributed by atoms with E-state index in [0.29, 0.717) is 22.2 Å². The minimum absolute atomic E-state index is 0.0745. The van der Waals surface area contributed by atoms with Crippen LogP contribution in [-0.2, 0) is 0 Å². The predicted octanol–water partition coefficient (Wildman–Crippen LogP) is 4.03. The highest BCUT2D eigenvalue weighted by Crippen LogP contribution is 2.38. The van der Waals surface area contributed by atoms with Gasteiger partial charge in [0.15, 0.2) is 0 Å². The number of fused-ring (bicyclic) bond motifs is 1. The summed E-state index contributed by atoms with van der Waals surface area (Å²) in [6.07, 6.45) is 2.50. The Hall–Kier alpha value is -1.30. The van der Waals surface area contributed by atoms with Crippen molar-refractivity contribution in [2.75, 3.05) is 33.3 Å². The molecule has 0 bridgehead atoms. The molecule has 3 rings (SSSR count). The number of carbonyl (C=O) groups excluding carboxylic acids is 1. The smallest absolute Gasteiger partial charge is 0.265 e. The van der Waals surface area contributed by atoms with Crippen molar-refractivity contribution in [3.63, 3.8) is 0 Å². The van der Waals surface area contributed by atoms with Gasteiger partial charge in [0, 0.05) is 28.2 Å². The number of thiophene rings is 1. The molecule has 130 valence electrons. The van der Waals surface area contributed by atoms with E-state index in [1.54, 1.807) is 7.11 Å². The number of benzene rings is 1. The molecule has 0 unspecified atom stereocenters. The molecule has 6 heteroatoms. The first kappa shape index (κ1) is 17.5. The second kappa shape index (κ2) is 7.72. The first-order chi connectivity index (χ1) is 11.6. The monoisotopic (exact) mass is 366 g/mol. The van der Waals surface area contributed by atoms with Crippen molar-refractivity contribution in [2.24, 2.45) is 5.92 Å². The molecule has 24 heavy (non-hydrogen) atoms. The maximum Gasteiger partial charge on any atom is 0.265 e. The van der Waals surface area contributed by atoms with Crippen LogP contribution in [0.5, 0.6) is 5.75 Å². The molecule has 0 radical (unpaired) electrons. The molecule has 1 aromatic carbocycles. The number of hydrogen-bond donors (Lipinski definition) is 1. The van der Waals surface area contributed by atoms with E-state index in [2.05, 4.69) is 17.1 Å². The Balaban J connectivity index is 1.63. The van der Waals surface area contributed by atoms with Crippen LogP contribution in [0.1, 0.15) is 29.4 Å². The van der Waals surface area contributed by atoms with Crippen molar-refractivity contribution in [3.05, 3.63) is 28.1 Å². The maximum atomic E-state index is 12.5. The van der Waals surface area contributed by atoms with Gasteiger partial charge in [-0.25, -0.2) is 0 Å². The molecule has 4 nitrogen and oxygen atoms in total. The average molecular weight is 367 g/mol. The number of hydrogen-bond acceptors (Lipinski definition) is 4. The van der Waals surface area contributed by atoms with Gasteiger partial charge in [-0.3, -0.25) is 4.79 Å². The molecule has 1 aliphatic heterocycles. The maximum absolute atomic E-state index is 12.5. The highest BCUT2D eigenvalue weighted by Gasteiger charge is 2.20. The second-order valence-electron chi connectivity index (χ2n) is 6.38. The van der Waals surface area contributed by atoms with Crippen molar-refractivity contribution in [1.29, 1.82) is 0 Å². The molecule has 0 aliphatic carbocycles. The van der Waals surface area contributed by atoms with E-state index in [0.717, 1.165) is 35.6 Å². The van der Waals surface area contributed by atoms with Gasteiger partial charge < -0.3 is 15.0 Å². The SMILES string of the molecule is COc1c(C(=O)NCCN2CCC(C)CC2)sc2ccc(Cl)cc12. The lowest BCUT2D eigenvalue weighted by atomic mass is 9.99. The number of likely N-dealkylation sites (tertiary alicyclic amines) is 1. The standard InChI is InChI=1S/C18H23ClN2O2S/c1-12-5-8-21(9-6-12)10-7-20-18(22)17-16(23-2)14-11-13(19)3-4-15(14)24-17/h3-4,11-12H,5-10H2,1-2H3,(H,20,22). The van der Waals surface area contributed by atoms with Crippen molar-refractivity contribution < 1.29 is 9.53 Å². The van der Waals surface area contributed by atoms with Gasteiger partial charge >= 0.3 is 0 Å². The number of nitrogens with zero attached hydrogens (tertiary/aromatic N) is 1. The van der Waals surface area contributed by atoms with Gasteiger partial charge in [0.25, 0.3) is 5.91 Å². The van der Waals surface area contributed by atoms with Gasteiger partial charge in [-0.2, -0.15) is 0 Å². The van der Waals surface area contributed by atoms with Crippen LogP contribution in [0.4, 0.5) is 0 Å². The van der Waals surface area contributed by atoms with E-state index < -0.39 is 0 Å². The van der Waals surface area contributed by atoms with Crippen LogP contribution in [-0.4, -0.2) is 44.1 Å². The fraction of sp³-hybridized carbons (Fsp3) is 0.500. The number of nitrogens with one attached hydrogen (secondary N) is 1. The topological polar surface area (TPSA) is 41.6 Å². The number of carbonyl (C=O) groups is 1. The highest BCUT2D eigenvalue weighted by molar-refractivity contribution is 7.21. The van der Waals surface area contributed by atoms with Crippen molar-refractivity contribution in [3.8, 4) is 5.75 Å². The summed E-state index contributed by atoms with van der Waals surface area (Å²) in [5.41, 5.74) is 0. The number of rotatable bonds is 5. The average Bonchev–Trinajstić information content (AvgIpc) is 2.94. The molecule has 0 spiro atoms. The minimum atomic E-state index is -0.0745. The zero-order chi connectivity index (χ0) is 17.1. The van der Waals surface area contributed by atoms with Crippen LogP contribution >= 0.6 is 22.9 Å². The lowest BCUT2D eigenvalue weighted by Gasteiger charge is -2.30. The molecule has 1 fully saturated rings. The fourth-order valence-electron chi connectivity index (χ4n) is 3.09. The first-order valence-electron chi connectivity index (χ1n) is 8.35. The predicted molar refractivity (Wildman–Crippen MR) is 101 cm³/mol. The van der Waals surface area contributed by atoms with Crippen LogP contribution in [0.15, 0.2) is 18.2 Å². The van der Waals surface area contributed by atoms with E-state index in [-0.39, 0.29) is 5.91 Å². The summed E-state index contributed by atoms with van der Waals surface area (Å²) in [5.74, 6) is 1.36. The lowest BCUT2D eigenvalue weighted by Crippen LogP contribution is -2.39. The second-order valence-corrected chi connectivity index (χ2v) is 7.87. The number of piperidine rings is 1. The largest absolute Gasteiger partial charge is 0.494 e. The number of ether oxygens (including phenoxy) is 1. The van der Waals surface area contributed by atoms with Gasteiger partial charge in [0.2, 0.25) is 0 Å². The molecule has 1 aromatic heterocycles. The van der Waals surface area contributed by atoms with Crippen molar-refractivity contribution in [1.82, 2.24) is 10.2 Å². The molecule has 2 aromatic rings. The third-order valence-corrected chi connectivity index (χ3v) is 5.99. The Morgan fingerprint density at radius 1 is 1.42 bits per heavy atom. The highest BCUT2D eigenvalue weighted by atomic mass is 35.5. The summed E-state index contributed by atoms with van der Waals surface area (Å²) >= 11 is 7.50. The van der Waals surface area contributed by atoms with Gasteiger partial charge in [0.05, 0.1) is 7.11 Å². The van der Waals surface area contributed by atoms with Gasteiger partial charge in [-0.05, 0) is 50.0 Å². The Labute approximate surface area is 151 Å². The number of halogens is 1. The van der Waals surface area contributed by atoms with E-state index >= 15 is 0 Å². The molecule has 1 N–H and O–H groups in total. The Morgan fingerprint density at radius 3 is 2.88 bits per heavy atom. The summed E-state index contributed by atoms with van der Waals surface area (Å²) in [5, 5.41) is 4.56. The molecule has 1 amide bonds. The zero-order valence-electron chi connectivity index (χ0n) is 14.1. The van der Waals surface area contributed by atoms with Crippen LogP contribution in [0.25, 0.3) is 10.1 Å². The first-order valence-corrected chi connectivity index (χ1v) is 9.54. The Morgan fingerprint density at radius 2 is 2.17 bits per heavy atom. The number of methoxy groups -OCH3 is 1. The minimum Gasteiger partial charge on any atom is -0.494 e. The summed E-state index contributed by atoms with van der Waals surface area (Å²) in [7, 11) is 1.59. The molecular formula is C18H23ClN2O2S. The van der Waals surface area contributed by atoms with Crippen LogP contribution in [0, 0.1) is 5.92 Å². The van der Waals surface area contributed by atoms with Crippen LogP contribution in [0.3, 0.4) is 0 Å². The normalized spacial score (nSPS) is 16.5. The summed E-state index contributed by atoms with van der Waals surface area (Å²) in [4.78, 5) is 15.6. The van der Waals surface area contributed by atoms with Gasteiger partial charge in [0.1, 0.15) is 10.6 Å². The summed E-state index contributed by atoms with van der Waals surface area (Å²) in [6.45, 7) is 6.12. The van der Waals surface area contributed by atoms with Gasteiger partial charge in [-0.15, -0.1) is 11.3 Å². The molecule has 0 saturated carbocycles. The van der Waals surface area contributed by atoms with Crippen molar-refractivity contribution in [2.45, 2.75) is 19.8 Å². The third kappa shape index (κ3) is 3.85. The van der Waals surface area contributed by atoms with E-state index in [4.69, 9.17) is 16.3 Å². The summed E-state index contributed by atoms with van der Waals surface area (Å²) in [6, 6.07) is 5.60. The number of amides is 1. The molecule has 2 heterocycles. The van der Waals surface area contributed by atoms with Crippen molar-refractivity contribution >= 4 is 38.9 Å².